The van der Waals surface area contributed by atoms with Gasteiger partial charge in [-0.05, 0) is 12.1 Å². The number of rotatable bonds is 3. The number of fused-ring (bicyclic) bond motifs is 1. The van der Waals surface area contributed by atoms with Crippen LogP contribution in [0.3, 0.4) is 0 Å². The normalized spacial score (nSPS) is 11.0. The van der Waals surface area contributed by atoms with Crippen LogP contribution in [0.5, 0.6) is 0 Å². The first-order valence-electron chi connectivity index (χ1n) is 7.43. The van der Waals surface area contributed by atoms with Crippen molar-refractivity contribution in [3.05, 3.63) is 62.8 Å². The van der Waals surface area contributed by atoms with E-state index in [2.05, 4.69) is 4.98 Å². The minimum atomic E-state index is -1.60. The van der Waals surface area contributed by atoms with E-state index in [-0.39, 0.29) is 17.0 Å². The van der Waals surface area contributed by atoms with Crippen molar-refractivity contribution in [2.24, 2.45) is 0 Å². The molecule has 1 aromatic carbocycles. The van der Waals surface area contributed by atoms with E-state index in [4.69, 9.17) is 11.6 Å². The highest BCUT2D eigenvalue weighted by atomic mass is 35.5. The Labute approximate surface area is 155 Å². The number of halogens is 4. The lowest BCUT2D eigenvalue weighted by Crippen LogP contribution is -2.20. The molecule has 0 atom stereocenters. The van der Waals surface area contributed by atoms with Gasteiger partial charge in [-0.3, -0.25) is 9.36 Å². The van der Waals surface area contributed by atoms with Crippen molar-refractivity contribution in [2.45, 2.75) is 0 Å². The lowest BCUT2D eigenvalue weighted by molar-refractivity contribution is 0.0695. The number of pyridine rings is 2. The molecule has 0 amide bonds. The van der Waals surface area contributed by atoms with Gasteiger partial charge in [0.05, 0.1) is 16.8 Å². The maximum absolute atomic E-state index is 14.5. The SMILES string of the molecule is CN(C)c1cc(-n2cc(C(=O)O)c(=O)c3cc(F)c(Cl)nc32)c(F)cc1F. The number of aromatic carboxylic acids is 1. The van der Waals surface area contributed by atoms with Crippen molar-refractivity contribution in [2.75, 3.05) is 19.0 Å². The zero-order valence-electron chi connectivity index (χ0n) is 13.9. The molecule has 6 nitrogen and oxygen atoms in total. The number of aromatic nitrogens is 2. The summed E-state index contributed by atoms with van der Waals surface area (Å²) in [4.78, 5) is 28.8. The molecule has 0 unspecified atom stereocenters. The van der Waals surface area contributed by atoms with Crippen molar-refractivity contribution >= 4 is 34.3 Å². The summed E-state index contributed by atoms with van der Waals surface area (Å²) < 4.78 is 43.2. The van der Waals surface area contributed by atoms with Crippen LogP contribution in [0, 0.1) is 17.5 Å². The lowest BCUT2D eigenvalue weighted by atomic mass is 10.1. The van der Waals surface area contributed by atoms with E-state index >= 15 is 0 Å². The second kappa shape index (κ2) is 6.58. The maximum atomic E-state index is 14.5. The second-order valence-corrected chi connectivity index (χ2v) is 6.19. The number of hydrogen-bond acceptors (Lipinski definition) is 4. The second-order valence-electron chi connectivity index (χ2n) is 5.83. The van der Waals surface area contributed by atoms with E-state index in [0.717, 1.165) is 22.9 Å². The number of carbonyl (C=O) groups is 1. The molecule has 0 saturated heterocycles. The average Bonchev–Trinajstić information content (AvgIpc) is 2.57. The molecule has 1 N–H and O–H groups in total. The highest BCUT2D eigenvalue weighted by molar-refractivity contribution is 6.29. The zero-order valence-corrected chi connectivity index (χ0v) is 14.7. The summed E-state index contributed by atoms with van der Waals surface area (Å²) in [6, 6.07) is 2.45. The van der Waals surface area contributed by atoms with Crippen molar-refractivity contribution in [3.8, 4) is 5.69 Å². The topological polar surface area (TPSA) is 75.4 Å². The van der Waals surface area contributed by atoms with Crippen LogP contribution in [0.4, 0.5) is 18.9 Å². The molecule has 0 radical (unpaired) electrons. The van der Waals surface area contributed by atoms with Gasteiger partial charge in [0.15, 0.2) is 16.6 Å². The van der Waals surface area contributed by atoms with Gasteiger partial charge >= 0.3 is 5.97 Å². The predicted molar refractivity (Wildman–Crippen MR) is 93.5 cm³/mol. The van der Waals surface area contributed by atoms with Crippen LogP contribution >= 0.6 is 11.6 Å². The third-order valence-electron chi connectivity index (χ3n) is 3.88. The van der Waals surface area contributed by atoms with Crippen LogP contribution in [0.15, 0.2) is 29.2 Å². The molecule has 0 saturated carbocycles. The third-order valence-corrected chi connectivity index (χ3v) is 4.14. The first kappa shape index (κ1) is 18.7. The molecule has 0 spiro atoms. The van der Waals surface area contributed by atoms with Gasteiger partial charge < -0.3 is 10.0 Å². The number of nitrogens with zero attached hydrogens (tertiary/aromatic N) is 3. The molecule has 10 heteroatoms. The molecule has 140 valence electrons. The number of carboxylic acid groups (broad SMARTS) is 1. The smallest absolute Gasteiger partial charge is 0.341 e. The third kappa shape index (κ3) is 3.10. The highest BCUT2D eigenvalue weighted by Crippen LogP contribution is 2.27. The fraction of sp³-hybridized carbons (Fsp3) is 0.118. The molecule has 2 heterocycles. The minimum absolute atomic E-state index is 0.00309. The van der Waals surface area contributed by atoms with Crippen LogP contribution in [-0.4, -0.2) is 34.7 Å². The Bertz CT molecular complexity index is 1160. The van der Waals surface area contributed by atoms with Crippen LogP contribution < -0.4 is 10.3 Å². The van der Waals surface area contributed by atoms with Crippen molar-refractivity contribution in [1.82, 2.24) is 9.55 Å². The largest absolute Gasteiger partial charge is 0.477 e. The molecule has 2 aromatic heterocycles. The fourth-order valence-corrected chi connectivity index (χ4v) is 2.73. The first-order chi connectivity index (χ1) is 12.6. The van der Waals surface area contributed by atoms with Crippen molar-refractivity contribution < 1.29 is 23.1 Å². The fourth-order valence-electron chi connectivity index (χ4n) is 2.59. The van der Waals surface area contributed by atoms with E-state index in [1.165, 1.54) is 19.0 Å². The van der Waals surface area contributed by atoms with Gasteiger partial charge in [0.2, 0.25) is 5.43 Å². The number of benzene rings is 1. The number of hydrogen-bond donors (Lipinski definition) is 1. The van der Waals surface area contributed by atoms with Gasteiger partial charge in [-0.1, -0.05) is 11.6 Å². The Morgan fingerprint density at radius 2 is 1.81 bits per heavy atom. The Morgan fingerprint density at radius 1 is 1.15 bits per heavy atom. The molecule has 0 aliphatic rings. The molecule has 0 aliphatic carbocycles. The monoisotopic (exact) mass is 397 g/mol. The Morgan fingerprint density at radius 3 is 2.41 bits per heavy atom. The predicted octanol–water partition coefficient (Wildman–Crippen LogP) is 3.22. The van der Waals surface area contributed by atoms with Gasteiger partial charge in [0.1, 0.15) is 17.2 Å². The summed E-state index contributed by atoms with van der Waals surface area (Å²) in [6.07, 6.45) is 0.837. The van der Waals surface area contributed by atoms with E-state index in [1.807, 2.05) is 0 Å². The standard InChI is InChI=1S/C17H11ClF3N3O3/c1-23(2)12-5-13(10(20)4-9(12)19)24-6-8(17(26)27)14(25)7-3-11(21)15(18)22-16(7)24/h3-6H,1-2H3,(H,26,27). The van der Waals surface area contributed by atoms with Crippen LogP contribution in [0.2, 0.25) is 5.15 Å². The van der Waals surface area contributed by atoms with Crippen LogP contribution in [0.25, 0.3) is 16.7 Å². The summed E-state index contributed by atoms with van der Waals surface area (Å²) >= 11 is 5.67. The van der Waals surface area contributed by atoms with Gasteiger partial charge in [-0.2, -0.15) is 0 Å². The summed E-state index contributed by atoms with van der Waals surface area (Å²) in [5.41, 5.74) is -2.30. The lowest BCUT2D eigenvalue weighted by Gasteiger charge is -2.18. The van der Waals surface area contributed by atoms with E-state index < -0.39 is 45.0 Å². The van der Waals surface area contributed by atoms with Gasteiger partial charge in [0, 0.05) is 26.4 Å². The highest BCUT2D eigenvalue weighted by Gasteiger charge is 2.21. The van der Waals surface area contributed by atoms with E-state index in [9.17, 15) is 27.9 Å². The Hall–Kier alpha value is -3.07. The summed E-state index contributed by atoms with van der Waals surface area (Å²) in [5.74, 6) is -4.52. The van der Waals surface area contributed by atoms with Crippen molar-refractivity contribution in [1.29, 1.82) is 0 Å². The molecule has 3 aromatic rings. The van der Waals surface area contributed by atoms with Gasteiger partial charge in [0.25, 0.3) is 0 Å². The minimum Gasteiger partial charge on any atom is -0.477 e. The number of anilines is 1. The Kier molecular flexibility index (Phi) is 4.56. The quantitative estimate of drug-likeness (QED) is 0.687. The molecule has 27 heavy (non-hydrogen) atoms. The van der Waals surface area contributed by atoms with E-state index in [0.29, 0.717) is 6.07 Å². The van der Waals surface area contributed by atoms with Gasteiger partial charge in [-0.25, -0.2) is 22.9 Å². The maximum Gasteiger partial charge on any atom is 0.341 e. The molecule has 0 fully saturated rings. The average molecular weight is 398 g/mol. The molecule has 3 rings (SSSR count). The van der Waals surface area contributed by atoms with Crippen LogP contribution in [-0.2, 0) is 0 Å². The molecular weight excluding hydrogens is 387 g/mol. The van der Waals surface area contributed by atoms with Crippen LogP contribution in [0.1, 0.15) is 10.4 Å². The summed E-state index contributed by atoms with van der Waals surface area (Å²) in [6.45, 7) is 0. The summed E-state index contributed by atoms with van der Waals surface area (Å²) in [7, 11) is 3.05. The number of carboxylic acids is 1. The molecular formula is C17H11ClF3N3O3. The van der Waals surface area contributed by atoms with E-state index in [1.54, 1.807) is 0 Å². The van der Waals surface area contributed by atoms with Crippen molar-refractivity contribution in [3.63, 3.8) is 0 Å². The first-order valence-corrected chi connectivity index (χ1v) is 7.81. The Balaban J connectivity index is 2.50. The molecule has 0 aliphatic heterocycles. The zero-order chi connectivity index (χ0) is 20.0. The van der Waals surface area contributed by atoms with Gasteiger partial charge in [-0.15, -0.1) is 0 Å². The molecule has 0 bridgehead atoms. The summed E-state index contributed by atoms with van der Waals surface area (Å²) in [5, 5.41) is 8.26.